The fourth-order valence-corrected chi connectivity index (χ4v) is 3.25. The summed E-state index contributed by atoms with van der Waals surface area (Å²) in [5.74, 6) is -0.515. The number of hydrogen-bond donors (Lipinski definition) is 3. The lowest BCUT2D eigenvalue weighted by Crippen LogP contribution is -2.18. The molecule has 0 bridgehead atoms. The summed E-state index contributed by atoms with van der Waals surface area (Å²) in [5, 5.41) is 10.5. The molecule has 0 saturated heterocycles. The Labute approximate surface area is 178 Å². The first-order valence-corrected chi connectivity index (χ1v) is 10.3. The lowest BCUT2D eigenvalue weighted by Gasteiger charge is -2.11. The van der Waals surface area contributed by atoms with Crippen molar-refractivity contribution in [2.45, 2.75) is 20.3 Å². The van der Waals surface area contributed by atoms with Gasteiger partial charge in [0.1, 0.15) is 0 Å². The molecule has 2 aromatic carbocycles. The Kier molecular flexibility index (Phi) is 6.92. The smallest absolute Gasteiger partial charge is 0.259 e. The van der Waals surface area contributed by atoms with E-state index >= 15 is 0 Å². The number of carbonyl (C=O) groups excluding carboxylic acids is 3. The van der Waals surface area contributed by atoms with E-state index in [0.717, 1.165) is 0 Å². The summed E-state index contributed by atoms with van der Waals surface area (Å²) in [4.78, 5) is 41.1. The third kappa shape index (κ3) is 5.74. The van der Waals surface area contributed by atoms with Gasteiger partial charge in [-0.3, -0.25) is 19.7 Å². The topological polar surface area (TPSA) is 100 Å². The second kappa shape index (κ2) is 9.80. The van der Waals surface area contributed by atoms with Crippen molar-refractivity contribution in [3.63, 3.8) is 0 Å². The van der Waals surface area contributed by atoms with Crippen LogP contribution in [0.15, 0.2) is 60.1 Å². The Morgan fingerprint density at radius 3 is 2.33 bits per heavy atom. The molecule has 0 aliphatic carbocycles. The van der Waals surface area contributed by atoms with Gasteiger partial charge in [-0.2, -0.15) is 0 Å². The van der Waals surface area contributed by atoms with E-state index in [-0.39, 0.29) is 23.6 Å². The average molecular weight is 423 g/mol. The van der Waals surface area contributed by atoms with E-state index in [1.807, 2.05) is 13.8 Å². The van der Waals surface area contributed by atoms with Crippen molar-refractivity contribution < 1.29 is 14.4 Å². The maximum absolute atomic E-state index is 12.6. The molecule has 0 aliphatic heterocycles. The summed E-state index contributed by atoms with van der Waals surface area (Å²) >= 11 is 1.31. The summed E-state index contributed by atoms with van der Waals surface area (Å²) in [6.45, 7) is 3.95. The number of benzene rings is 2. The standard InChI is InChI=1S/C22H22N4O3S/c1-14(2)13-19(27)24-16-9-7-15(8-10-16)20(28)25-18-6-4-3-5-17(18)21(29)26-22-23-11-12-30-22/h3-12,14H,13H2,1-2H3,(H,24,27)(H,25,28)(H,23,26,29). The predicted molar refractivity (Wildman–Crippen MR) is 119 cm³/mol. The molecule has 8 heteroatoms. The number of rotatable bonds is 7. The van der Waals surface area contributed by atoms with Crippen LogP contribution in [0.4, 0.5) is 16.5 Å². The average Bonchev–Trinajstić information content (AvgIpc) is 3.21. The molecule has 3 N–H and O–H groups in total. The summed E-state index contributed by atoms with van der Waals surface area (Å²) in [6.07, 6.45) is 2.03. The van der Waals surface area contributed by atoms with Crippen molar-refractivity contribution in [1.29, 1.82) is 0 Å². The molecule has 3 aromatic rings. The van der Waals surface area contributed by atoms with Gasteiger partial charge in [0.2, 0.25) is 5.91 Å². The van der Waals surface area contributed by atoms with Crippen LogP contribution >= 0.6 is 11.3 Å². The molecule has 0 fully saturated rings. The quantitative estimate of drug-likeness (QED) is 0.517. The normalized spacial score (nSPS) is 10.5. The van der Waals surface area contributed by atoms with Crippen LogP contribution in [-0.2, 0) is 4.79 Å². The zero-order chi connectivity index (χ0) is 21.5. The zero-order valence-electron chi connectivity index (χ0n) is 16.6. The molecule has 1 aromatic heterocycles. The van der Waals surface area contributed by atoms with Crippen LogP contribution in [0.2, 0.25) is 0 Å². The lowest BCUT2D eigenvalue weighted by molar-refractivity contribution is -0.116. The molecule has 7 nitrogen and oxygen atoms in total. The number of nitrogens with one attached hydrogen (secondary N) is 3. The van der Waals surface area contributed by atoms with Gasteiger partial charge >= 0.3 is 0 Å². The maximum Gasteiger partial charge on any atom is 0.259 e. The largest absolute Gasteiger partial charge is 0.326 e. The highest BCUT2D eigenvalue weighted by Crippen LogP contribution is 2.20. The van der Waals surface area contributed by atoms with Crippen LogP contribution in [0, 0.1) is 5.92 Å². The Bertz CT molecular complexity index is 1030. The van der Waals surface area contributed by atoms with Gasteiger partial charge in [-0.25, -0.2) is 4.98 Å². The van der Waals surface area contributed by atoms with Crippen molar-refractivity contribution in [3.05, 3.63) is 71.2 Å². The van der Waals surface area contributed by atoms with E-state index in [9.17, 15) is 14.4 Å². The fraction of sp³-hybridized carbons (Fsp3) is 0.182. The van der Waals surface area contributed by atoms with Gasteiger partial charge in [0.15, 0.2) is 5.13 Å². The van der Waals surface area contributed by atoms with Gasteiger partial charge in [0, 0.05) is 29.2 Å². The molecule has 0 radical (unpaired) electrons. The highest BCUT2D eigenvalue weighted by atomic mass is 32.1. The number of para-hydroxylation sites is 1. The van der Waals surface area contributed by atoms with Gasteiger partial charge in [-0.05, 0) is 42.3 Å². The van der Waals surface area contributed by atoms with E-state index in [2.05, 4.69) is 20.9 Å². The maximum atomic E-state index is 12.6. The minimum atomic E-state index is -0.357. The number of hydrogen-bond acceptors (Lipinski definition) is 5. The van der Waals surface area contributed by atoms with E-state index in [1.165, 1.54) is 11.3 Å². The molecule has 30 heavy (non-hydrogen) atoms. The number of thiazole rings is 1. The highest BCUT2D eigenvalue weighted by Gasteiger charge is 2.15. The minimum absolute atomic E-state index is 0.0672. The van der Waals surface area contributed by atoms with Gasteiger partial charge in [-0.15, -0.1) is 11.3 Å². The van der Waals surface area contributed by atoms with E-state index in [4.69, 9.17) is 0 Å². The summed E-state index contributed by atoms with van der Waals surface area (Å²) < 4.78 is 0. The molecular formula is C22H22N4O3S. The molecular weight excluding hydrogens is 400 g/mol. The third-order valence-corrected chi connectivity index (χ3v) is 4.79. The van der Waals surface area contributed by atoms with Crippen LogP contribution in [0.5, 0.6) is 0 Å². The molecule has 0 unspecified atom stereocenters. The SMILES string of the molecule is CC(C)CC(=O)Nc1ccc(C(=O)Nc2ccccc2C(=O)Nc2nccs2)cc1. The van der Waals surface area contributed by atoms with Gasteiger partial charge < -0.3 is 10.6 Å². The summed E-state index contributed by atoms with van der Waals surface area (Å²) in [5.41, 5.74) is 1.76. The first-order valence-electron chi connectivity index (χ1n) is 9.43. The molecule has 0 atom stereocenters. The van der Waals surface area contributed by atoms with Crippen LogP contribution < -0.4 is 16.0 Å². The monoisotopic (exact) mass is 422 g/mol. The molecule has 0 aliphatic rings. The summed E-state index contributed by atoms with van der Waals surface area (Å²) in [6, 6.07) is 13.4. The Morgan fingerprint density at radius 1 is 0.933 bits per heavy atom. The molecule has 0 saturated carbocycles. The molecule has 3 rings (SSSR count). The molecule has 0 spiro atoms. The van der Waals surface area contributed by atoms with Crippen LogP contribution in [0.3, 0.4) is 0 Å². The van der Waals surface area contributed by atoms with Crippen molar-refractivity contribution in [2.75, 3.05) is 16.0 Å². The van der Waals surface area contributed by atoms with E-state index in [1.54, 1.807) is 60.1 Å². The van der Waals surface area contributed by atoms with Crippen LogP contribution in [0.25, 0.3) is 0 Å². The fourth-order valence-electron chi connectivity index (χ4n) is 2.72. The number of anilines is 3. The number of aromatic nitrogens is 1. The van der Waals surface area contributed by atoms with Gasteiger partial charge in [0.25, 0.3) is 11.8 Å². The van der Waals surface area contributed by atoms with Crippen molar-refractivity contribution in [1.82, 2.24) is 4.98 Å². The van der Waals surface area contributed by atoms with Crippen LogP contribution in [0.1, 0.15) is 41.0 Å². The second-order valence-corrected chi connectivity index (χ2v) is 7.91. The van der Waals surface area contributed by atoms with Crippen LogP contribution in [-0.4, -0.2) is 22.7 Å². The Morgan fingerprint density at radius 2 is 1.67 bits per heavy atom. The van der Waals surface area contributed by atoms with Gasteiger partial charge in [0.05, 0.1) is 11.3 Å². The minimum Gasteiger partial charge on any atom is -0.326 e. The summed E-state index contributed by atoms with van der Waals surface area (Å²) in [7, 11) is 0. The highest BCUT2D eigenvalue weighted by molar-refractivity contribution is 7.13. The van der Waals surface area contributed by atoms with Crippen molar-refractivity contribution >= 4 is 45.6 Å². The van der Waals surface area contributed by atoms with Crippen molar-refractivity contribution in [3.8, 4) is 0 Å². The zero-order valence-corrected chi connectivity index (χ0v) is 17.5. The lowest BCUT2D eigenvalue weighted by atomic mass is 10.1. The molecule has 3 amide bonds. The predicted octanol–water partition coefficient (Wildman–Crippen LogP) is 4.63. The van der Waals surface area contributed by atoms with Gasteiger partial charge in [-0.1, -0.05) is 26.0 Å². The number of carbonyl (C=O) groups is 3. The first-order chi connectivity index (χ1) is 14.4. The van der Waals surface area contributed by atoms with E-state index in [0.29, 0.717) is 34.1 Å². The molecule has 154 valence electrons. The molecule has 1 heterocycles. The first kappa shape index (κ1) is 21.2. The number of nitrogens with zero attached hydrogens (tertiary/aromatic N) is 1. The van der Waals surface area contributed by atoms with E-state index < -0.39 is 0 Å². The Hall–Kier alpha value is -3.52. The third-order valence-electron chi connectivity index (χ3n) is 4.10. The second-order valence-electron chi connectivity index (χ2n) is 7.01. The van der Waals surface area contributed by atoms with Crippen molar-refractivity contribution in [2.24, 2.45) is 5.92 Å². The number of amides is 3. The Balaban J connectivity index is 1.67.